The molecule has 0 radical (unpaired) electrons. The summed E-state index contributed by atoms with van der Waals surface area (Å²) in [4.78, 5) is 10.9. The summed E-state index contributed by atoms with van der Waals surface area (Å²) in [6.45, 7) is 0. The predicted octanol–water partition coefficient (Wildman–Crippen LogP) is 3.42. The maximum atomic E-state index is 11.4. The Bertz CT molecular complexity index is 992. The Hall–Kier alpha value is -3.03. The van der Waals surface area contributed by atoms with Crippen LogP contribution in [0.4, 0.5) is 5.69 Å². The number of nitro benzene ring substituents is 1. The molecule has 2 aromatic carbocycles. The fourth-order valence-electron chi connectivity index (χ4n) is 2.87. The zero-order chi connectivity index (χ0) is 20.3. The van der Waals surface area contributed by atoms with E-state index in [1.807, 2.05) is 12.1 Å². The number of hydrogen-bond acceptors (Lipinski definition) is 7. The molecule has 0 aliphatic carbocycles. The molecule has 28 heavy (non-hydrogen) atoms. The molecule has 0 spiro atoms. The topological polar surface area (TPSA) is 93.0 Å². The normalized spacial score (nSPS) is 10.4. The van der Waals surface area contributed by atoms with Crippen molar-refractivity contribution in [2.24, 2.45) is 0 Å². The predicted molar refractivity (Wildman–Crippen MR) is 105 cm³/mol. The molecule has 146 valence electrons. The number of ether oxygens (including phenoxy) is 4. The van der Waals surface area contributed by atoms with Gasteiger partial charge in [-0.2, -0.15) is 0 Å². The van der Waals surface area contributed by atoms with Crippen LogP contribution in [-0.2, 0) is 0 Å². The van der Waals surface area contributed by atoms with Gasteiger partial charge in [0, 0.05) is 0 Å². The third-order valence-electron chi connectivity index (χ3n) is 4.18. The van der Waals surface area contributed by atoms with Crippen LogP contribution in [0, 0.1) is 10.1 Å². The number of nitrogens with zero attached hydrogens (tertiary/aromatic N) is 2. The fraction of sp³-hybridized carbons (Fsp3) is 0.211. The Morgan fingerprint density at radius 2 is 1.54 bits per heavy atom. The minimum atomic E-state index is -0.459. The number of nitro groups is 1. The van der Waals surface area contributed by atoms with Crippen LogP contribution in [0.25, 0.3) is 21.1 Å². The van der Waals surface area contributed by atoms with Crippen molar-refractivity contribution in [3.8, 4) is 44.1 Å². The van der Waals surface area contributed by atoms with Crippen LogP contribution in [0.3, 0.4) is 0 Å². The average Bonchev–Trinajstić information content (AvgIpc) is 3.21. The van der Waals surface area contributed by atoms with Gasteiger partial charge in [0.05, 0.1) is 0 Å². The summed E-state index contributed by atoms with van der Waals surface area (Å²) in [7, 11) is 6.06. The molecule has 0 bridgehead atoms. The summed E-state index contributed by atoms with van der Waals surface area (Å²) in [5.74, 6) is 1.78. The number of methoxy groups -OCH3 is 4. The average molecular weight is 449 g/mol. The second kappa shape index (κ2) is 8.33. The van der Waals surface area contributed by atoms with Crippen LogP contribution in [0.1, 0.15) is 0 Å². The van der Waals surface area contributed by atoms with Gasteiger partial charge in [0.25, 0.3) is 0 Å². The third-order valence-corrected chi connectivity index (χ3v) is 5.97. The molecule has 0 amide bonds. The van der Waals surface area contributed by atoms with E-state index in [4.69, 9.17) is 18.9 Å². The van der Waals surface area contributed by atoms with Gasteiger partial charge in [-0.3, -0.25) is 0 Å². The Balaban J connectivity index is 2.16. The molecule has 0 unspecified atom stereocenters. The van der Waals surface area contributed by atoms with E-state index >= 15 is 0 Å². The second-order valence-electron chi connectivity index (χ2n) is 5.63. The summed E-state index contributed by atoms with van der Waals surface area (Å²) in [6.07, 6.45) is 1.74. The first kappa shape index (κ1) is 19.7. The zero-order valence-electron chi connectivity index (χ0n) is 15.7. The van der Waals surface area contributed by atoms with E-state index in [2.05, 4.69) is 3.98 Å². The van der Waals surface area contributed by atoms with Crippen LogP contribution in [0.15, 0.2) is 36.5 Å². The van der Waals surface area contributed by atoms with Crippen molar-refractivity contribution in [1.29, 1.82) is 0 Å². The van der Waals surface area contributed by atoms with E-state index in [1.54, 1.807) is 39.7 Å². The SMILES string of the molecule is COc1ccc(-c2cn[se]c2-c2cc(OC)c(OC)c(OC)c2)cc1[N+](=O)[O-]. The van der Waals surface area contributed by atoms with Gasteiger partial charge < -0.3 is 0 Å². The van der Waals surface area contributed by atoms with Gasteiger partial charge in [0.15, 0.2) is 0 Å². The van der Waals surface area contributed by atoms with E-state index < -0.39 is 4.92 Å². The molecule has 3 rings (SSSR count). The molecule has 0 aliphatic heterocycles. The summed E-state index contributed by atoms with van der Waals surface area (Å²) in [5, 5.41) is 11.4. The van der Waals surface area contributed by atoms with Crippen molar-refractivity contribution in [3.05, 3.63) is 46.6 Å². The molecule has 0 aliphatic rings. The summed E-state index contributed by atoms with van der Waals surface area (Å²) in [5.41, 5.74) is 2.28. The number of aromatic nitrogens is 1. The van der Waals surface area contributed by atoms with Crippen molar-refractivity contribution in [2.45, 2.75) is 0 Å². The first-order chi connectivity index (χ1) is 13.5. The van der Waals surface area contributed by atoms with Gasteiger partial charge in [-0.05, 0) is 0 Å². The van der Waals surface area contributed by atoms with Crippen LogP contribution in [-0.4, -0.2) is 52.1 Å². The molecule has 0 N–H and O–H groups in total. The van der Waals surface area contributed by atoms with E-state index in [1.165, 1.54) is 13.2 Å². The summed E-state index contributed by atoms with van der Waals surface area (Å²) < 4.78 is 26.7. The van der Waals surface area contributed by atoms with Gasteiger partial charge in [-0.25, -0.2) is 0 Å². The molecule has 0 atom stereocenters. The Morgan fingerprint density at radius 3 is 2.07 bits per heavy atom. The van der Waals surface area contributed by atoms with Crippen molar-refractivity contribution in [2.75, 3.05) is 28.4 Å². The van der Waals surface area contributed by atoms with E-state index in [0.717, 1.165) is 15.6 Å². The number of benzene rings is 2. The van der Waals surface area contributed by atoms with Gasteiger partial charge in [0.1, 0.15) is 0 Å². The quantitative estimate of drug-likeness (QED) is 0.310. The molecular weight excluding hydrogens is 431 g/mol. The maximum absolute atomic E-state index is 11.4. The second-order valence-corrected chi connectivity index (χ2v) is 7.31. The van der Waals surface area contributed by atoms with E-state index in [-0.39, 0.29) is 26.2 Å². The Kier molecular flexibility index (Phi) is 5.87. The third kappa shape index (κ3) is 3.54. The van der Waals surface area contributed by atoms with Gasteiger partial charge in [0.2, 0.25) is 0 Å². The molecule has 8 nitrogen and oxygen atoms in total. The van der Waals surface area contributed by atoms with Crippen molar-refractivity contribution in [3.63, 3.8) is 0 Å². The summed E-state index contributed by atoms with van der Waals surface area (Å²) in [6, 6.07) is 8.58. The molecule has 0 saturated heterocycles. The van der Waals surface area contributed by atoms with Gasteiger partial charge in [-0.1, -0.05) is 0 Å². The zero-order valence-corrected chi connectivity index (χ0v) is 17.4. The van der Waals surface area contributed by atoms with Gasteiger partial charge >= 0.3 is 167 Å². The van der Waals surface area contributed by atoms with Gasteiger partial charge in [-0.15, -0.1) is 0 Å². The van der Waals surface area contributed by atoms with Crippen LogP contribution in [0.5, 0.6) is 23.0 Å². The van der Waals surface area contributed by atoms with E-state index in [0.29, 0.717) is 22.8 Å². The minimum absolute atomic E-state index is 0.0930. The van der Waals surface area contributed by atoms with Crippen molar-refractivity contribution < 1.29 is 23.9 Å². The molecular formula is C19H18N2O6Se. The molecule has 0 fully saturated rings. The molecule has 3 aromatic rings. The first-order valence-electron chi connectivity index (χ1n) is 8.11. The Labute approximate surface area is 167 Å². The fourth-order valence-corrected chi connectivity index (χ4v) is 4.45. The van der Waals surface area contributed by atoms with Crippen molar-refractivity contribution >= 4 is 20.4 Å². The first-order valence-corrected chi connectivity index (χ1v) is 9.74. The molecule has 9 heteroatoms. The standard InChI is InChI=1S/C19H18N2O6Se/c1-24-15-6-5-11(7-14(15)21(22)23)13-10-20-28-19(13)12-8-16(25-2)18(27-4)17(9-12)26-3/h5-10H,1-4H3. The monoisotopic (exact) mass is 450 g/mol. The Morgan fingerprint density at radius 1 is 0.893 bits per heavy atom. The number of rotatable bonds is 7. The molecule has 1 aromatic heterocycles. The molecule has 0 saturated carbocycles. The summed E-state index contributed by atoms with van der Waals surface area (Å²) >= 11 is -0.186. The van der Waals surface area contributed by atoms with Crippen LogP contribution < -0.4 is 18.9 Å². The molecule has 1 heterocycles. The van der Waals surface area contributed by atoms with Crippen LogP contribution in [0.2, 0.25) is 0 Å². The van der Waals surface area contributed by atoms with E-state index in [9.17, 15) is 10.1 Å². The number of hydrogen-bond donors (Lipinski definition) is 0. The van der Waals surface area contributed by atoms with Crippen molar-refractivity contribution in [1.82, 2.24) is 3.98 Å². The van der Waals surface area contributed by atoms with Crippen LogP contribution >= 0.6 is 0 Å².